The number of hydrogen-bond donors (Lipinski definition) is 0. The number of aryl methyl sites for hydroxylation is 2. The van der Waals surface area contributed by atoms with Gasteiger partial charge in [0.2, 0.25) is 5.95 Å². The van der Waals surface area contributed by atoms with Crippen molar-refractivity contribution in [3.8, 4) is 0 Å². The number of alkyl halides is 3. The van der Waals surface area contributed by atoms with Crippen LogP contribution in [-0.2, 0) is 0 Å². The van der Waals surface area contributed by atoms with E-state index in [0.29, 0.717) is 32.1 Å². The zero-order valence-corrected chi connectivity index (χ0v) is 12.5. The fourth-order valence-electron chi connectivity index (χ4n) is 2.48. The number of anilines is 1. The van der Waals surface area contributed by atoms with Crippen molar-refractivity contribution in [1.29, 1.82) is 0 Å². The van der Waals surface area contributed by atoms with Crippen LogP contribution in [0.1, 0.15) is 18.3 Å². The molecule has 5 nitrogen and oxygen atoms in total. The monoisotopic (exact) mass is 303 g/mol. The summed E-state index contributed by atoms with van der Waals surface area (Å²) in [5, 5.41) is 8.10. The van der Waals surface area contributed by atoms with E-state index in [4.69, 9.17) is 0 Å². The Kier molecular flexibility index (Phi) is 4.65. The van der Waals surface area contributed by atoms with Crippen molar-refractivity contribution in [2.45, 2.75) is 26.9 Å². The molecule has 1 aliphatic rings. The summed E-state index contributed by atoms with van der Waals surface area (Å²) in [4.78, 5) is 7.74. The van der Waals surface area contributed by atoms with Crippen LogP contribution in [0.15, 0.2) is 0 Å². The lowest BCUT2D eigenvalue weighted by atomic mass is 10.1. The zero-order valence-electron chi connectivity index (χ0n) is 12.5. The van der Waals surface area contributed by atoms with Crippen LogP contribution in [-0.4, -0.2) is 59.0 Å². The molecule has 1 aliphatic heterocycles. The highest BCUT2D eigenvalue weighted by molar-refractivity contribution is 5.30. The van der Waals surface area contributed by atoms with Gasteiger partial charge in [0.1, 0.15) is 0 Å². The van der Waals surface area contributed by atoms with Gasteiger partial charge in [0.15, 0.2) is 0 Å². The van der Waals surface area contributed by atoms with Crippen molar-refractivity contribution in [1.82, 2.24) is 20.1 Å². The maximum atomic E-state index is 12.5. The largest absolute Gasteiger partial charge is 0.401 e. The van der Waals surface area contributed by atoms with E-state index < -0.39 is 12.7 Å². The summed E-state index contributed by atoms with van der Waals surface area (Å²) >= 11 is 0. The van der Waals surface area contributed by atoms with Crippen LogP contribution in [0.3, 0.4) is 0 Å². The summed E-state index contributed by atoms with van der Waals surface area (Å²) in [7, 11) is 0. The van der Waals surface area contributed by atoms with E-state index in [-0.39, 0.29) is 5.92 Å². The first-order valence-corrected chi connectivity index (χ1v) is 6.96. The maximum Gasteiger partial charge on any atom is 0.401 e. The van der Waals surface area contributed by atoms with Crippen LogP contribution in [0.5, 0.6) is 0 Å². The first-order valence-electron chi connectivity index (χ1n) is 6.96. The molecule has 0 amide bonds. The summed E-state index contributed by atoms with van der Waals surface area (Å²) in [5.41, 5.74) is 1.56. The Hall–Kier alpha value is -1.44. The van der Waals surface area contributed by atoms with Gasteiger partial charge >= 0.3 is 6.18 Å². The normalized spacial score (nSPS) is 21.4. The molecular weight excluding hydrogens is 283 g/mol. The lowest BCUT2D eigenvalue weighted by Crippen LogP contribution is -2.38. The quantitative estimate of drug-likeness (QED) is 0.834. The van der Waals surface area contributed by atoms with Crippen LogP contribution >= 0.6 is 0 Å². The van der Waals surface area contributed by atoms with Crippen molar-refractivity contribution in [3.05, 3.63) is 11.4 Å². The van der Waals surface area contributed by atoms with Gasteiger partial charge in [0, 0.05) is 26.2 Å². The summed E-state index contributed by atoms with van der Waals surface area (Å²) < 4.78 is 37.6. The smallest absolute Gasteiger partial charge is 0.338 e. The molecule has 8 heteroatoms. The van der Waals surface area contributed by atoms with Crippen molar-refractivity contribution in [2.75, 3.05) is 37.6 Å². The Morgan fingerprint density at radius 1 is 1.10 bits per heavy atom. The van der Waals surface area contributed by atoms with Crippen molar-refractivity contribution >= 4 is 5.95 Å². The predicted octanol–water partition coefficient (Wildman–Crippen LogP) is 1.81. The third-order valence-electron chi connectivity index (χ3n) is 3.55. The molecule has 1 saturated heterocycles. The second-order valence-electron chi connectivity index (χ2n) is 5.68. The molecule has 1 unspecified atom stereocenters. The second-order valence-corrected chi connectivity index (χ2v) is 5.68. The zero-order chi connectivity index (χ0) is 15.6. The highest BCUT2D eigenvalue weighted by atomic mass is 19.4. The van der Waals surface area contributed by atoms with Gasteiger partial charge in [-0.05, 0) is 19.8 Å². The third-order valence-corrected chi connectivity index (χ3v) is 3.55. The minimum absolute atomic E-state index is 0.111. The number of aromatic nitrogens is 3. The van der Waals surface area contributed by atoms with E-state index >= 15 is 0 Å². The molecule has 0 aromatic carbocycles. The molecular formula is C13H20F3N5. The van der Waals surface area contributed by atoms with Gasteiger partial charge in [-0.2, -0.15) is 18.3 Å². The average molecular weight is 303 g/mol. The van der Waals surface area contributed by atoms with E-state index in [9.17, 15) is 13.2 Å². The molecule has 0 bridgehead atoms. The number of nitrogens with zero attached hydrogens (tertiary/aromatic N) is 5. The van der Waals surface area contributed by atoms with E-state index in [2.05, 4.69) is 15.2 Å². The van der Waals surface area contributed by atoms with Crippen molar-refractivity contribution < 1.29 is 13.2 Å². The molecule has 2 heterocycles. The van der Waals surface area contributed by atoms with E-state index in [1.54, 1.807) is 0 Å². The molecule has 118 valence electrons. The fourth-order valence-corrected chi connectivity index (χ4v) is 2.48. The van der Waals surface area contributed by atoms with Gasteiger partial charge in [-0.25, -0.2) is 4.98 Å². The van der Waals surface area contributed by atoms with Gasteiger partial charge in [-0.3, -0.25) is 4.90 Å². The average Bonchev–Trinajstić information content (AvgIpc) is 2.52. The Bertz CT molecular complexity index is 491. The Morgan fingerprint density at radius 2 is 1.81 bits per heavy atom. The van der Waals surface area contributed by atoms with Crippen LogP contribution in [0.4, 0.5) is 19.1 Å². The highest BCUT2D eigenvalue weighted by Crippen LogP contribution is 2.20. The van der Waals surface area contributed by atoms with E-state index in [1.807, 2.05) is 25.7 Å². The van der Waals surface area contributed by atoms with Crippen LogP contribution in [0, 0.1) is 19.8 Å². The summed E-state index contributed by atoms with van der Waals surface area (Å²) in [6, 6.07) is 0. The molecule has 21 heavy (non-hydrogen) atoms. The predicted molar refractivity (Wildman–Crippen MR) is 73.2 cm³/mol. The lowest BCUT2D eigenvalue weighted by Gasteiger charge is -2.22. The van der Waals surface area contributed by atoms with E-state index in [1.165, 1.54) is 4.90 Å². The second kappa shape index (κ2) is 6.13. The lowest BCUT2D eigenvalue weighted by molar-refractivity contribution is -0.146. The third kappa shape index (κ3) is 4.52. The SMILES string of the molecule is Cc1nnc(N2CCN(CC(F)(F)F)CC(C)C2)nc1C. The molecule has 1 aromatic heterocycles. The topological polar surface area (TPSA) is 45.2 Å². The summed E-state index contributed by atoms with van der Waals surface area (Å²) in [6.45, 7) is 6.64. The minimum Gasteiger partial charge on any atom is -0.338 e. The molecule has 0 aliphatic carbocycles. The van der Waals surface area contributed by atoms with Crippen LogP contribution in [0.2, 0.25) is 0 Å². The molecule has 1 fully saturated rings. The summed E-state index contributed by atoms with van der Waals surface area (Å²) in [5.74, 6) is 0.610. The van der Waals surface area contributed by atoms with Gasteiger partial charge in [0.05, 0.1) is 17.9 Å². The fraction of sp³-hybridized carbons (Fsp3) is 0.769. The molecule has 0 radical (unpaired) electrons. The highest BCUT2D eigenvalue weighted by Gasteiger charge is 2.33. The number of hydrogen-bond acceptors (Lipinski definition) is 5. The molecule has 0 saturated carbocycles. The number of halogens is 3. The first-order chi connectivity index (χ1) is 9.74. The Morgan fingerprint density at radius 3 is 2.43 bits per heavy atom. The van der Waals surface area contributed by atoms with Gasteiger partial charge < -0.3 is 4.90 Å². The Balaban J connectivity index is 2.08. The molecule has 0 N–H and O–H groups in total. The van der Waals surface area contributed by atoms with Crippen LogP contribution < -0.4 is 4.90 Å². The van der Waals surface area contributed by atoms with Gasteiger partial charge in [-0.1, -0.05) is 6.92 Å². The van der Waals surface area contributed by atoms with Crippen molar-refractivity contribution in [3.63, 3.8) is 0 Å². The minimum atomic E-state index is -4.16. The molecule has 0 spiro atoms. The van der Waals surface area contributed by atoms with E-state index in [0.717, 1.165) is 11.4 Å². The Labute approximate surface area is 122 Å². The maximum absolute atomic E-state index is 12.5. The standard InChI is InChI=1S/C13H20F3N5/c1-9-6-20(8-13(14,15)16)4-5-21(7-9)12-17-10(2)11(3)18-19-12/h9H,4-8H2,1-3H3. The molecule has 2 rings (SSSR count). The first kappa shape index (κ1) is 15.9. The van der Waals surface area contributed by atoms with Gasteiger partial charge in [-0.15, -0.1) is 5.10 Å². The van der Waals surface area contributed by atoms with Gasteiger partial charge in [0.25, 0.3) is 0 Å². The molecule has 1 aromatic rings. The number of rotatable bonds is 2. The van der Waals surface area contributed by atoms with Crippen LogP contribution in [0.25, 0.3) is 0 Å². The summed E-state index contributed by atoms with van der Waals surface area (Å²) in [6.07, 6.45) is -4.16. The molecule has 1 atom stereocenters. The van der Waals surface area contributed by atoms with Crippen molar-refractivity contribution in [2.24, 2.45) is 5.92 Å².